The van der Waals surface area contributed by atoms with Crippen LogP contribution in [0.15, 0.2) is 24.3 Å². The van der Waals surface area contributed by atoms with E-state index in [0.717, 1.165) is 37.7 Å². The summed E-state index contributed by atoms with van der Waals surface area (Å²) in [6.07, 6.45) is 3.66. The second kappa shape index (κ2) is 9.11. The Labute approximate surface area is 132 Å². The Hall–Kier alpha value is -1.00. The largest absolute Gasteiger partial charge is 0.355 e. The van der Waals surface area contributed by atoms with Gasteiger partial charge in [-0.3, -0.25) is 4.79 Å². The number of rotatable bonds is 7. The Morgan fingerprint density at radius 3 is 3.14 bits per heavy atom. The van der Waals surface area contributed by atoms with Crippen LogP contribution < -0.4 is 10.6 Å². The molecule has 2 rings (SSSR count). The van der Waals surface area contributed by atoms with Crippen molar-refractivity contribution in [2.24, 2.45) is 5.92 Å². The first-order valence-corrected chi connectivity index (χ1v) is 9.00. The van der Waals surface area contributed by atoms with Crippen LogP contribution in [0.25, 0.3) is 0 Å². The lowest BCUT2D eigenvalue weighted by atomic mass is 9.96. The fraction of sp³-hybridized carbons (Fsp3) is 0.588. The zero-order chi connectivity index (χ0) is 14.9. The van der Waals surface area contributed by atoms with E-state index in [9.17, 15) is 4.79 Å². The van der Waals surface area contributed by atoms with Gasteiger partial charge in [-0.2, -0.15) is 0 Å². The summed E-state index contributed by atoms with van der Waals surface area (Å²) in [5, 5.41) is 6.45. The van der Waals surface area contributed by atoms with Gasteiger partial charge in [0.25, 0.3) is 0 Å². The number of carbonyl (C=O) groups is 1. The smallest absolute Gasteiger partial charge is 0.230 e. The fourth-order valence-electron chi connectivity index (χ4n) is 2.70. The van der Waals surface area contributed by atoms with Crippen LogP contribution in [0.2, 0.25) is 0 Å². The molecule has 0 bridgehead atoms. The van der Waals surface area contributed by atoms with Crippen LogP contribution in [0.1, 0.15) is 30.4 Å². The highest BCUT2D eigenvalue weighted by Gasteiger charge is 2.12. The van der Waals surface area contributed by atoms with Gasteiger partial charge in [0, 0.05) is 12.3 Å². The number of benzene rings is 1. The summed E-state index contributed by atoms with van der Waals surface area (Å²) < 4.78 is 0. The molecule has 3 nitrogen and oxygen atoms in total. The Balaban J connectivity index is 1.55. The van der Waals surface area contributed by atoms with E-state index in [1.165, 1.54) is 24.0 Å². The second-order valence-corrected chi connectivity index (χ2v) is 6.82. The summed E-state index contributed by atoms with van der Waals surface area (Å²) in [5.74, 6) is 2.36. The van der Waals surface area contributed by atoms with Crippen LogP contribution in [0, 0.1) is 12.8 Å². The van der Waals surface area contributed by atoms with Crippen molar-refractivity contribution in [3.05, 3.63) is 35.4 Å². The van der Waals surface area contributed by atoms with E-state index in [1.54, 1.807) is 11.8 Å². The monoisotopic (exact) mass is 306 g/mol. The molecular weight excluding hydrogens is 280 g/mol. The van der Waals surface area contributed by atoms with Gasteiger partial charge in [-0.15, -0.1) is 11.8 Å². The molecule has 116 valence electrons. The van der Waals surface area contributed by atoms with Crippen LogP contribution in [-0.4, -0.2) is 31.3 Å². The molecule has 1 fully saturated rings. The number of aryl methyl sites for hydroxylation is 1. The van der Waals surface area contributed by atoms with Gasteiger partial charge in [0.15, 0.2) is 0 Å². The van der Waals surface area contributed by atoms with Gasteiger partial charge in [0.05, 0.1) is 5.75 Å². The molecule has 0 radical (unpaired) electrons. The van der Waals surface area contributed by atoms with Crippen molar-refractivity contribution in [2.75, 3.05) is 25.4 Å². The number of thioether (sulfide) groups is 1. The highest BCUT2D eigenvalue weighted by molar-refractivity contribution is 7.99. The molecule has 0 aliphatic carbocycles. The normalized spacial score (nSPS) is 18.4. The first kappa shape index (κ1) is 16.4. The molecule has 0 aromatic heterocycles. The quantitative estimate of drug-likeness (QED) is 0.814. The van der Waals surface area contributed by atoms with Gasteiger partial charge < -0.3 is 10.6 Å². The third-order valence-corrected chi connectivity index (χ3v) is 4.86. The number of hydrogen-bond donors (Lipinski definition) is 2. The molecule has 0 saturated carbocycles. The summed E-state index contributed by atoms with van der Waals surface area (Å²) in [6.45, 7) is 5.17. The Bertz CT molecular complexity index is 444. The van der Waals surface area contributed by atoms with Gasteiger partial charge in [-0.05, 0) is 50.8 Å². The van der Waals surface area contributed by atoms with Crippen molar-refractivity contribution >= 4 is 17.7 Å². The predicted octanol–water partition coefficient (Wildman–Crippen LogP) is 2.73. The molecule has 1 amide bonds. The van der Waals surface area contributed by atoms with E-state index in [-0.39, 0.29) is 5.91 Å². The van der Waals surface area contributed by atoms with Crippen molar-refractivity contribution in [1.29, 1.82) is 0 Å². The van der Waals surface area contributed by atoms with Crippen LogP contribution >= 0.6 is 11.8 Å². The Kier molecular flexibility index (Phi) is 7.10. The Morgan fingerprint density at radius 1 is 1.48 bits per heavy atom. The Morgan fingerprint density at radius 2 is 2.38 bits per heavy atom. The zero-order valence-electron chi connectivity index (χ0n) is 12.9. The maximum absolute atomic E-state index is 11.8. The SMILES string of the molecule is Cc1cccc(CSCC(=O)NCCC2CCCNC2)c1. The van der Waals surface area contributed by atoms with Gasteiger partial charge in [-0.1, -0.05) is 29.8 Å². The molecule has 2 N–H and O–H groups in total. The number of carbonyl (C=O) groups excluding carboxylic acids is 1. The van der Waals surface area contributed by atoms with Crippen molar-refractivity contribution in [3.8, 4) is 0 Å². The summed E-state index contributed by atoms with van der Waals surface area (Å²) in [6, 6.07) is 8.47. The van der Waals surface area contributed by atoms with Crippen molar-refractivity contribution in [2.45, 2.75) is 31.9 Å². The molecule has 1 aromatic rings. The van der Waals surface area contributed by atoms with E-state index >= 15 is 0 Å². The van der Waals surface area contributed by atoms with Crippen LogP contribution in [0.4, 0.5) is 0 Å². The fourth-order valence-corrected chi connectivity index (χ4v) is 3.51. The summed E-state index contributed by atoms with van der Waals surface area (Å²) >= 11 is 1.68. The minimum absolute atomic E-state index is 0.163. The van der Waals surface area contributed by atoms with E-state index in [1.807, 2.05) is 0 Å². The van der Waals surface area contributed by atoms with Gasteiger partial charge in [0.1, 0.15) is 0 Å². The molecule has 4 heteroatoms. The predicted molar refractivity (Wildman–Crippen MR) is 90.6 cm³/mol. The lowest BCUT2D eigenvalue weighted by molar-refractivity contribution is -0.118. The van der Waals surface area contributed by atoms with Crippen LogP contribution in [0.3, 0.4) is 0 Å². The average molecular weight is 306 g/mol. The van der Waals surface area contributed by atoms with Gasteiger partial charge in [0.2, 0.25) is 5.91 Å². The van der Waals surface area contributed by atoms with Gasteiger partial charge in [-0.25, -0.2) is 0 Å². The lowest BCUT2D eigenvalue weighted by Crippen LogP contribution is -2.33. The molecule has 1 saturated heterocycles. The molecule has 1 aliphatic heterocycles. The maximum atomic E-state index is 11.8. The highest BCUT2D eigenvalue weighted by Crippen LogP contribution is 2.14. The highest BCUT2D eigenvalue weighted by atomic mass is 32.2. The van der Waals surface area contributed by atoms with Crippen molar-refractivity contribution in [1.82, 2.24) is 10.6 Å². The summed E-state index contributed by atoms with van der Waals surface area (Å²) in [5.41, 5.74) is 2.57. The molecule has 0 spiro atoms. The number of piperidine rings is 1. The topological polar surface area (TPSA) is 41.1 Å². The minimum atomic E-state index is 0.163. The third kappa shape index (κ3) is 6.53. The van der Waals surface area contributed by atoms with Crippen molar-refractivity contribution < 1.29 is 4.79 Å². The van der Waals surface area contributed by atoms with E-state index < -0.39 is 0 Å². The molecule has 1 unspecified atom stereocenters. The third-order valence-electron chi connectivity index (χ3n) is 3.86. The molecule has 1 aromatic carbocycles. The van der Waals surface area contributed by atoms with E-state index in [2.05, 4.69) is 41.8 Å². The van der Waals surface area contributed by atoms with E-state index in [4.69, 9.17) is 0 Å². The zero-order valence-corrected chi connectivity index (χ0v) is 13.7. The van der Waals surface area contributed by atoms with Gasteiger partial charge >= 0.3 is 0 Å². The second-order valence-electron chi connectivity index (χ2n) is 5.83. The first-order chi connectivity index (χ1) is 10.2. The maximum Gasteiger partial charge on any atom is 0.230 e. The molecule has 1 heterocycles. The molecule has 21 heavy (non-hydrogen) atoms. The molecule has 1 aliphatic rings. The lowest BCUT2D eigenvalue weighted by Gasteiger charge is -2.22. The number of amides is 1. The molecular formula is C17H26N2OS. The summed E-state index contributed by atoms with van der Waals surface area (Å²) in [7, 11) is 0. The number of nitrogens with one attached hydrogen (secondary N) is 2. The standard InChI is InChI=1S/C17H26N2OS/c1-14-4-2-5-16(10-14)12-21-13-17(20)19-9-7-15-6-3-8-18-11-15/h2,4-5,10,15,18H,3,6-9,11-13H2,1H3,(H,19,20). The van der Waals surface area contributed by atoms with Crippen LogP contribution in [0.5, 0.6) is 0 Å². The average Bonchev–Trinajstić information content (AvgIpc) is 2.48. The minimum Gasteiger partial charge on any atom is -0.355 e. The molecule has 1 atom stereocenters. The van der Waals surface area contributed by atoms with E-state index in [0.29, 0.717) is 5.75 Å². The first-order valence-electron chi connectivity index (χ1n) is 7.85. The van der Waals surface area contributed by atoms with Crippen molar-refractivity contribution in [3.63, 3.8) is 0 Å². The van der Waals surface area contributed by atoms with Crippen LogP contribution in [-0.2, 0) is 10.5 Å². The number of hydrogen-bond acceptors (Lipinski definition) is 3. The summed E-state index contributed by atoms with van der Waals surface area (Å²) in [4.78, 5) is 11.8.